The predicted molar refractivity (Wildman–Crippen MR) is 129 cm³/mol. The second kappa shape index (κ2) is 10.6. The van der Waals surface area contributed by atoms with Crippen LogP contribution in [0.5, 0.6) is 11.5 Å². The van der Waals surface area contributed by atoms with Crippen molar-refractivity contribution in [2.24, 2.45) is 0 Å². The molecule has 2 heterocycles. The van der Waals surface area contributed by atoms with Crippen molar-refractivity contribution in [1.82, 2.24) is 14.6 Å². The first-order valence-corrected chi connectivity index (χ1v) is 11.9. The minimum atomic E-state index is -0.510. The van der Waals surface area contributed by atoms with Gasteiger partial charge in [0, 0.05) is 6.42 Å². The summed E-state index contributed by atoms with van der Waals surface area (Å²) in [5.74, 6) is 0.897. The highest BCUT2D eigenvalue weighted by atomic mass is 32.1. The first-order valence-electron chi connectivity index (χ1n) is 11.1. The highest BCUT2D eigenvalue weighted by molar-refractivity contribution is 7.15. The number of nitrogens with zero attached hydrogens (tertiary/aromatic N) is 3. The molecular weight excluding hydrogens is 457 g/mol. The molecule has 4 aromatic rings. The second-order valence-electron chi connectivity index (χ2n) is 7.62. The minimum absolute atomic E-state index is 0.123. The molecule has 2 aromatic heterocycles. The van der Waals surface area contributed by atoms with Gasteiger partial charge in [0.2, 0.25) is 4.96 Å². The molecule has 7 nitrogen and oxygen atoms in total. The fourth-order valence-corrected chi connectivity index (χ4v) is 4.23. The summed E-state index contributed by atoms with van der Waals surface area (Å²) < 4.78 is 26.2. The maximum Gasteiger partial charge on any atom is 0.296 e. The van der Waals surface area contributed by atoms with Crippen LogP contribution in [0, 0.1) is 5.82 Å². The molecule has 0 unspecified atom stereocenters. The van der Waals surface area contributed by atoms with Crippen LogP contribution in [0.4, 0.5) is 4.39 Å². The Hall–Kier alpha value is -3.59. The predicted octanol–water partition coefficient (Wildman–Crippen LogP) is 3.37. The molecule has 0 N–H and O–H groups in total. The van der Waals surface area contributed by atoms with Crippen LogP contribution in [-0.4, -0.2) is 27.8 Å². The van der Waals surface area contributed by atoms with Gasteiger partial charge in [-0.05, 0) is 54.8 Å². The lowest BCUT2D eigenvalue weighted by atomic mass is 10.1. The summed E-state index contributed by atoms with van der Waals surface area (Å²) in [6.45, 7) is 5.08. The molecule has 0 fully saturated rings. The van der Waals surface area contributed by atoms with E-state index < -0.39 is 5.56 Å². The van der Waals surface area contributed by atoms with Gasteiger partial charge in [0.1, 0.15) is 11.5 Å². The van der Waals surface area contributed by atoms with Crippen molar-refractivity contribution in [2.75, 3.05) is 13.2 Å². The number of hydrogen-bond acceptors (Lipinski definition) is 7. The number of rotatable bonds is 9. The topological polar surface area (TPSA) is 82.8 Å². The maximum atomic E-state index is 13.2. The molecule has 0 atom stereocenters. The van der Waals surface area contributed by atoms with Gasteiger partial charge in [-0.2, -0.15) is 14.6 Å². The van der Waals surface area contributed by atoms with Crippen molar-refractivity contribution in [3.63, 3.8) is 0 Å². The van der Waals surface area contributed by atoms with Gasteiger partial charge < -0.3 is 9.47 Å². The van der Waals surface area contributed by atoms with E-state index in [9.17, 15) is 14.0 Å². The largest absolute Gasteiger partial charge is 0.490 e. The number of halogens is 1. The Labute approximate surface area is 199 Å². The van der Waals surface area contributed by atoms with E-state index in [1.807, 2.05) is 25.1 Å². The molecule has 34 heavy (non-hydrogen) atoms. The quantitative estimate of drug-likeness (QED) is 0.341. The first-order chi connectivity index (χ1) is 16.5. The SMILES string of the molecule is CCCCOc1ccc(/C=c2/sc3nc(=O)c(Cc4ccc(F)cc4)nn3c2=O)cc1OCC. The Bertz CT molecular complexity index is 1460. The normalized spacial score (nSPS) is 11.8. The highest BCUT2D eigenvalue weighted by Gasteiger charge is 2.12. The van der Waals surface area contributed by atoms with Gasteiger partial charge in [0.05, 0.1) is 17.7 Å². The standard InChI is InChI=1S/C25H24FN3O4S/c1-3-5-12-33-20-11-8-17(14-21(20)32-4-2)15-22-24(31)29-25(34-22)27-23(30)19(28-29)13-16-6-9-18(26)10-7-16/h6-11,14-15H,3-5,12-13H2,1-2H3/b22-15+. The van der Waals surface area contributed by atoms with Gasteiger partial charge in [0.15, 0.2) is 11.5 Å². The molecule has 0 radical (unpaired) electrons. The van der Waals surface area contributed by atoms with Crippen molar-refractivity contribution in [3.05, 3.63) is 90.3 Å². The third-order valence-electron chi connectivity index (χ3n) is 5.06. The van der Waals surface area contributed by atoms with E-state index in [0.29, 0.717) is 34.8 Å². The zero-order valence-corrected chi connectivity index (χ0v) is 19.7. The maximum absolute atomic E-state index is 13.2. The molecule has 0 spiro atoms. The van der Waals surface area contributed by atoms with Crippen molar-refractivity contribution < 1.29 is 13.9 Å². The number of aromatic nitrogens is 3. The Morgan fingerprint density at radius 1 is 1.06 bits per heavy atom. The molecular formula is C25H24FN3O4S. The van der Waals surface area contributed by atoms with Gasteiger partial charge >= 0.3 is 0 Å². The molecule has 0 aliphatic rings. The third-order valence-corrected chi connectivity index (χ3v) is 6.02. The Balaban J connectivity index is 1.69. The molecule has 2 aromatic carbocycles. The van der Waals surface area contributed by atoms with Crippen molar-refractivity contribution in [3.8, 4) is 11.5 Å². The zero-order chi connectivity index (χ0) is 24.1. The van der Waals surface area contributed by atoms with Crippen LogP contribution in [-0.2, 0) is 6.42 Å². The minimum Gasteiger partial charge on any atom is -0.490 e. The van der Waals surface area contributed by atoms with Gasteiger partial charge in [-0.15, -0.1) is 0 Å². The smallest absolute Gasteiger partial charge is 0.296 e. The molecule has 0 bridgehead atoms. The number of hydrogen-bond donors (Lipinski definition) is 0. The molecule has 0 aliphatic heterocycles. The lowest BCUT2D eigenvalue weighted by Crippen LogP contribution is -2.28. The fourth-order valence-electron chi connectivity index (χ4n) is 3.33. The van der Waals surface area contributed by atoms with E-state index in [2.05, 4.69) is 17.0 Å². The van der Waals surface area contributed by atoms with Crippen LogP contribution in [0.1, 0.15) is 43.5 Å². The number of benzene rings is 2. The molecule has 9 heteroatoms. The second-order valence-corrected chi connectivity index (χ2v) is 8.63. The Kier molecular flexibility index (Phi) is 7.32. The van der Waals surface area contributed by atoms with Gasteiger partial charge in [-0.25, -0.2) is 4.39 Å². The van der Waals surface area contributed by atoms with Crippen LogP contribution in [0.2, 0.25) is 0 Å². The Morgan fingerprint density at radius 3 is 2.59 bits per heavy atom. The van der Waals surface area contributed by atoms with Crippen LogP contribution < -0.4 is 25.1 Å². The van der Waals surface area contributed by atoms with Crippen molar-refractivity contribution >= 4 is 22.4 Å². The highest BCUT2D eigenvalue weighted by Crippen LogP contribution is 2.29. The summed E-state index contributed by atoms with van der Waals surface area (Å²) in [5.41, 5.74) is 0.701. The van der Waals surface area contributed by atoms with Crippen LogP contribution >= 0.6 is 11.3 Å². The summed E-state index contributed by atoms with van der Waals surface area (Å²) in [6, 6.07) is 11.3. The van der Waals surface area contributed by atoms with Crippen molar-refractivity contribution in [2.45, 2.75) is 33.1 Å². The average molecular weight is 482 g/mol. The van der Waals surface area contributed by atoms with Crippen molar-refractivity contribution in [1.29, 1.82) is 0 Å². The summed E-state index contributed by atoms with van der Waals surface area (Å²) in [6.07, 6.45) is 3.85. The zero-order valence-electron chi connectivity index (χ0n) is 18.9. The van der Waals surface area contributed by atoms with Gasteiger partial charge in [-0.1, -0.05) is 42.9 Å². The molecule has 176 valence electrons. The number of ether oxygens (including phenoxy) is 2. The summed E-state index contributed by atoms with van der Waals surface area (Å²) in [4.78, 5) is 29.7. The van der Waals surface area contributed by atoms with E-state index in [1.54, 1.807) is 18.2 Å². The third kappa shape index (κ3) is 5.31. The van der Waals surface area contributed by atoms with E-state index in [-0.39, 0.29) is 28.5 Å². The lowest BCUT2D eigenvalue weighted by molar-refractivity contribution is 0.272. The van der Waals surface area contributed by atoms with E-state index in [0.717, 1.165) is 34.3 Å². The van der Waals surface area contributed by atoms with Crippen LogP contribution in [0.15, 0.2) is 52.1 Å². The summed E-state index contributed by atoms with van der Waals surface area (Å²) in [5, 5.41) is 4.24. The molecule has 0 saturated carbocycles. The van der Waals surface area contributed by atoms with Gasteiger partial charge in [-0.3, -0.25) is 9.59 Å². The average Bonchev–Trinajstić information content (AvgIpc) is 3.11. The fraction of sp³-hybridized carbons (Fsp3) is 0.280. The van der Waals surface area contributed by atoms with E-state index >= 15 is 0 Å². The Morgan fingerprint density at radius 2 is 1.85 bits per heavy atom. The molecule has 4 rings (SSSR count). The van der Waals surface area contributed by atoms with Gasteiger partial charge in [0.25, 0.3) is 11.1 Å². The van der Waals surface area contributed by atoms with Crippen LogP contribution in [0.25, 0.3) is 11.0 Å². The summed E-state index contributed by atoms with van der Waals surface area (Å²) >= 11 is 1.09. The van der Waals surface area contributed by atoms with Crippen LogP contribution in [0.3, 0.4) is 0 Å². The number of thiazole rings is 1. The molecule has 0 amide bonds. The number of fused-ring (bicyclic) bond motifs is 1. The summed E-state index contributed by atoms with van der Waals surface area (Å²) in [7, 11) is 0. The van der Waals surface area contributed by atoms with E-state index in [1.165, 1.54) is 12.1 Å². The number of unbranched alkanes of at least 4 members (excludes halogenated alkanes) is 1. The lowest BCUT2D eigenvalue weighted by Gasteiger charge is -2.12. The van der Waals surface area contributed by atoms with E-state index in [4.69, 9.17) is 9.47 Å². The molecule has 0 aliphatic carbocycles. The molecule has 0 saturated heterocycles. The monoisotopic (exact) mass is 481 g/mol. The first kappa shape index (κ1) is 23.6.